The summed E-state index contributed by atoms with van der Waals surface area (Å²) in [4.78, 5) is 35.1. The predicted molar refractivity (Wildman–Crippen MR) is 92.4 cm³/mol. The molecule has 2 rings (SSSR count). The first-order valence-corrected chi connectivity index (χ1v) is 8.20. The highest BCUT2D eigenvalue weighted by atomic mass is 16.2. The van der Waals surface area contributed by atoms with Crippen LogP contribution in [0.3, 0.4) is 0 Å². The molecule has 1 aliphatic rings. The number of carbonyl (C=O) groups excluding carboxylic acids is 2. The zero-order valence-corrected chi connectivity index (χ0v) is 15.1. The molecule has 3 N–H and O–H groups in total. The molecule has 7 nitrogen and oxygen atoms in total. The standard InChI is InChI=1S/C17H27N5O2/c1-16(2,3)15(24)21-13-12(19-7-8-20-13)14(23)22-9-6-11(18)17(4,5)10-22/h7-8,11H,6,9-10,18H2,1-5H3,(H,20,21,24). The first-order valence-electron chi connectivity index (χ1n) is 8.20. The van der Waals surface area contributed by atoms with E-state index >= 15 is 0 Å². The Labute approximate surface area is 143 Å². The Morgan fingerprint density at radius 1 is 1.29 bits per heavy atom. The lowest BCUT2D eigenvalue weighted by molar-refractivity contribution is -0.123. The summed E-state index contributed by atoms with van der Waals surface area (Å²) in [7, 11) is 0. The van der Waals surface area contributed by atoms with Gasteiger partial charge in [-0.25, -0.2) is 9.97 Å². The van der Waals surface area contributed by atoms with E-state index in [0.717, 1.165) is 6.42 Å². The third-order valence-corrected chi connectivity index (χ3v) is 4.41. The van der Waals surface area contributed by atoms with E-state index in [4.69, 9.17) is 5.73 Å². The van der Waals surface area contributed by atoms with E-state index in [1.165, 1.54) is 12.4 Å². The average Bonchev–Trinajstić information content (AvgIpc) is 2.49. The van der Waals surface area contributed by atoms with Gasteiger partial charge in [0, 0.05) is 36.9 Å². The van der Waals surface area contributed by atoms with Crippen LogP contribution in [-0.4, -0.2) is 45.8 Å². The topological polar surface area (TPSA) is 101 Å². The lowest BCUT2D eigenvalue weighted by Gasteiger charge is -2.42. The maximum atomic E-state index is 12.9. The fourth-order valence-corrected chi connectivity index (χ4v) is 2.58. The van der Waals surface area contributed by atoms with Crippen LogP contribution >= 0.6 is 0 Å². The molecule has 24 heavy (non-hydrogen) atoms. The molecule has 132 valence electrons. The van der Waals surface area contributed by atoms with Gasteiger partial charge in [-0.05, 0) is 11.8 Å². The Hall–Kier alpha value is -2.02. The number of nitrogens with zero attached hydrogens (tertiary/aromatic N) is 3. The minimum atomic E-state index is -0.586. The van der Waals surface area contributed by atoms with Gasteiger partial charge in [0.25, 0.3) is 5.91 Å². The number of hydrogen-bond acceptors (Lipinski definition) is 5. The number of nitrogens with one attached hydrogen (secondary N) is 1. The highest BCUT2D eigenvalue weighted by molar-refractivity contribution is 6.02. The van der Waals surface area contributed by atoms with Crippen LogP contribution in [0.2, 0.25) is 0 Å². The molecule has 0 aliphatic carbocycles. The second-order valence-corrected chi connectivity index (χ2v) is 8.07. The van der Waals surface area contributed by atoms with Crippen molar-refractivity contribution in [3.05, 3.63) is 18.1 Å². The van der Waals surface area contributed by atoms with Crippen molar-refractivity contribution in [2.45, 2.75) is 47.1 Å². The molecule has 0 radical (unpaired) electrons. The molecular weight excluding hydrogens is 306 g/mol. The molecule has 2 amide bonds. The van der Waals surface area contributed by atoms with Crippen molar-refractivity contribution in [2.24, 2.45) is 16.6 Å². The minimum Gasteiger partial charge on any atom is -0.337 e. The molecule has 1 fully saturated rings. The maximum absolute atomic E-state index is 12.9. The Morgan fingerprint density at radius 3 is 2.50 bits per heavy atom. The Kier molecular flexibility index (Phi) is 4.94. The molecule has 0 bridgehead atoms. The number of nitrogens with two attached hydrogens (primary N) is 1. The summed E-state index contributed by atoms with van der Waals surface area (Å²) in [6, 6.07) is 0.0588. The van der Waals surface area contributed by atoms with E-state index < -0.39 is 5.41 Å². The first kappa shape index (κ1) is 18.3. The molecule has 1 aromatic heterocycles. The van der Waals surface area contributed by atoms with E-state index in [0.29, 0.717) is 13.1 Å². The van der Waals surface area contributed by atoms with Crippen molar-refractivity contribution in [3.63, 3.8) is 0 Å². The number of likely N-dealkylation sites (tertiary alicyclic amines) is 1. The SMILES string of the molecule is CC(C)(C)C(=O)Nc1nccnc1C(=O)N1CCC(N)C(C)(C)C1. The summed E-state index contributed by atoms with van der Waals surface area (Å²) >= 11 is 0. The summed E-state index contributed by atoms with van der Waals surface area (Å²) in [6.45, 7) is 10.6. The van der Waals surface area contributed by atoms with Crippen LogP contribution in [0, 0.1) is 10.8 Å². The molecule has 1 aliphatic heterocycles. The van der Waals surface area contributed by atoms with E-state index in [9.17, 15) is 9.59 Å². The van der Waals surface area contributed by atoms with E-state index in [-0.39, 0.29) is 34.8 Å². The number of aromatic nitrogens is 2. The van der Waals surface area contributed by atoms with Gasteiger partial charge in [-0.2, -0.15) is 0 Å². The third kappa shape index (κ3) is 3.90. The second-order valence-electron chi connectivity index (χ2n) is 8.07. The molecule has 0 saturated carbocycles. The van der Waals surface area contributed by atoms with Crippen molar-refractivity contribution in [2.75, 3.05) is 18.4 Å². The minimum absolute atomic E-state index is 0.0588. The van der Waals surface area contributed by atoms with Crippen molar-refractivity contribution in [3.8, 4) is 0 Å². The summed E-state index contributed by atoms with van der Waals surface area (Å²) in [5.74, 6) is -0.236. The van der Waals surface area contributed by atoms with Gasteiger partial charge >= 0.3 is 0 Å². The van der Waals surface area contributed by atoms with Gasteiger partial charge in [0.15, 0.2) is 11.5 Å². The molecule has 2 heterocycles. The van der Waals surface area contributed by atoms with Gasteiger partial charge in [0.05, 0.1) is 0 Å². The second kappa shape index (κ2) is 6.47. The quantitative estimate of drug-likeness (QED) is 0.857. The van der Waals surface area contributed by atoms with Gasteiger partial charge in [-0.3, -0.25) is 9.59 Å². The third-order valence-electron chi connectivity index (χ3n) is 4.41. The maximum Gasteiger partial charge on any atom is 0.276 e. The van der Waals surface area contributed by atoms with Crippen molar-refractivity contribution in [1.82, 2.24) is 14.9 Å². The Bertz CT molecular complexity index is 636. The van der Waals surface area contributed by atoms with Gasteiger partial charge in [-0.1, -0.05) is 34.6 Å². The van der Waals surface area contributed by atoms with Crippen LogP contribution < -0.4 is 11.1 Å². The van der Waals surface area contributed by atoms with E-state index in [1.54, 1.807) is 25.7 Å². The summed E-state index contributed by atoms with van der Waals surface area (Å²) < 4.78 is 0. The van der Waals surface area contributed by atoms with Crippen LogP contribution in [0.4, 0.5) is 5.82 Å². The van der Waals surface area contributed by atoms with Crippen LogP contribution in [-0.2, 0) is 4.79 Å². The van der Waals surface area contributed by atoms with Gasteiger partial charge in [-0.15, -0.1) is 0 Å². The highest BCUT2D eigenvalue weighted by Gasteiger charge is 2.37. The fraction of sp³-hybridized carbons (Fsp3) is 0.647. The molecule has 1 aromatic rings. The number of carbonyl (C=O) groups is 2. The molecule has 0 spiro atoms. The zero-order valence-electron chi connectivity index (χ0n) is 15.1. The van der Waals surface area contributed by atoms with Crippen LogP contribution in [0.5, 0.6) is 0 Å². The lowest BCUT2D eigenvalue weighted by atomic mass is 9.79. The molecular formula is C17H27N5O2. The first-order chi connectivity index (χ1) is 11.0. The number of amides is 2. The van der Waals surface area contributed by atoms with E-state index in [1.807, 2.05) is 0 Å². The molecule has 1 saturated heterocycles. The summed E-state index contributed by atoms with van der Waals surface area (Å²) in [5, 5.41) is 2.72. The van der Waals surface area contributed by atoms with Crippen molar-refractivity contribution >= 4 is 17.6 Å². The number of hydrogen-bond donors (Lipinski definition) is 2. The highest BCUT2D eigenvalue weighted by Crippen LogP contribution is 2.29. The Morgan fingerprint density at radius 2 is 1.92 bits per heavy atom. The number of piperidine rings is 1. The van der Waals surface area contributed by atoms with E-state index in [2.05, 4.69) is 29.1 Å². The molecule has 1 unspecified atom stereocenters. The van der Waals surface area contributed by atoms with Crippen LogP contribution in [0.15, 0.2) is 12.4 Å². The van der Waals surface area contributed by atoms with Gasteiger partial charge < -0.3 is 16.0 Å². The predicted octanol–water partition coefficient (Wildman–Crippen LogP) is 1.66. The summed E-state index contributed by atoms with van der Waals surface area (Å²) in [6.07, 6.45) is 3.66. The molecule has 0 aromatic carbocycles. The normalized spacial score (nSPS) is 20.6. The molecule has 7 heteroatoms. The zero-order chi connectivity index (χ0) is 18.1. The average molecular weight is 333 g/mol. The van der Waals surface area contributed by atoms with Gasteiger partial charge in [0.1, 0.15) is 0 Å². The molecule has 1 atom stereocenters. The van der Waals surface area contributed by atoms with Crippen LogP contribution in [0.1, 0.15) is 51.5 Å². The van der Waals surface area contributed by atoms with Crippen molar-refractivity contribution in [1.29, 1.82) is 0 Å². The lowest BCUT2D eigenvalue weighted by Crippen LogP contribution is -2.54. The largest absolute Gasteiger partial charge is 0.337 e. The fourth-order valence-electron chi connectivity index (χ4n) is 2.58. The van der Waals surface area contributed by atoms with Gasteiger partial charge in [0.2, 0.25) is 5.91 Å². The van der Waals surface area contributed by atoms with Crippen LogP contribution in [0.25, 0.3) is 0 Å². The monoisotopic (exact) mass is 333 g/mol. The van der Waals surface area contributed by atoms with Crippen molar-refractivity contribution < 1.29 is 9.59 Å². The number of rotatable bonds is 2. The summed E-state index contributed by atoms with van der Waals surface area (Å²) in [5.41, 5.74) is 5.55. The Balaban J connectivity index is 2.23. The smallest absolute Gasteiger partial charge is 0.276 e. The number of anilines is 1.